The van der Waals surface area contributed by atoms with Crippen LogP contribution in [0, 0.1) is 5.92 Å². The molecule has 33 heavy (non-hydrogen) atoms. The predicted molar refractivity (Wildman–Crippen MR) is 122 cm³/mol. The number of amides is 1. The first-order valence-electron chi connectivity index (χ1n) is 11.5. The van der Waals surface area contributed by atoms with Gasteiger partial charge in [-0.25, -0.2) is 9.97 Å². The van der Waals surface area contributed by atoms with Gasteiger partial charge in [0.15, 0.2) is 11.6 Å². The van der Waals surface area contributed by atoms with Crippen LogP contribution in [0.3, 0.4) is 0 Å². The highest BCUT2D eigenvalue weighted by atomic mass is 16.5. The third kappa shape index (κ3) is 3.67. The highest BCUT2D eigenvalue weighted by molar-refractivity contribution is 5.97. The van der Waals surface area contributed by atoms with Crippen molar-refractivity contribution in [2.75, 3.05) is 23.9 Å². The van der Waals surface area contributed by atoms with Crippen molar-refractivity contribution in [2.45, 2.75) is 44.6 Å². The third-order valence-electron chi connectivity index (χ3n) is 6.79. The van der Waals surface area contributed by atoms with Gasteiger partial charge in [0.2, 0.25) is 11.9 Å². The number of aromatic nitrogens is 4. The van der Waals surface area contributed by atoms with Gasteiger partial charge < -0.3 is 19.4 Å². The van der Waals surface area contributed by atoms with E-state index in [4.69, 9.17) is 9.47 Å². The Morgan fingerprint density at radius 2 is 2.15 bits per heavy atom. The average molecular weight is 447 g/mol. The molecule has 3 aromatic rings. The van der Waals surface area contributed by atoms with Crippen LogP contribution >= 0.6 is 0 Å². The van der Waals surface area contributed by atoms with Crippen LogP contribution in [0.15, 0.2) is 36.9 Å². The van der Waals surface area contributed by atoms with Crippen molar-refractivity contribution in [1.82, 2.24) is 19.5 Å². The molecule has 3 aliphatic rings. The smallest absolute Gasteiger partial charge is 0.229 e. The number of ether oxygens (including phenoxy) is 2. The average Bonchev–Trinajstić information content (AvgIpc) is 3.43. The van der Waals surface area contributed by atoms with E-state index in [0.717, 1.165) is 35.8 Å². The summed E-state index contributed by atoms with van der Waals surface area (Å²) in [7, 11) is 1.65. The number of rotatable bonds is 6. The molecule has 1 aromatic carbocycles. The summed E-state index contributed by atoms with van der Waals surface area (Å²) in [6.07, 6.45) is 11.8. The molecule has 2 fully saturated rings. The van der Waals surface area contributed by atoms with Crippen molar-refractivity contribution in [1.29, 1.82) is 0 Å². The minimum absolute atomic E-state index is 0.0523. The Balaban J connectivity index is 1.23. The molecule has 2 aromatic heterocycles. The molecule has 170 valence electrons. The summed E-state index contributed by atoms with van der Waals surface area (Å²) in [5.74, 6) is 3.04. The number of imidazole rings is 1. The molecule has 6 rings (SSSR count). The van der Waals surface area contributed by atoms with Gasteiger partial charge in [0.25, 0.3) is 0 Å². The second-order valence-corrected chi connectivity index (χ2v) is 8.93. The van der Waals surface area contributed by atoms with Gasteiger partial charge in [0, 0.05) is 24.4 Å². The zero-order chi connectivity index (χ0) is 22.4. The van der Waals surface area contributed by atoms with Gasteiger partial charge in [-0.1, -0.05) is 19.3 Å². The van der Waals surface area contributed by atoms with Gasteiger partial charge in [0.1, 0.15) is 12.4 Å². The van der Waals surface area contributed by atoms with E-state index in [-0.39, 0.29) is 11.9 Å². The number of hydrogen-bond donors (Lipinski definition) is 1. The van der Waals surface area contributed by atoms with E-state index in [9.17, 15) is 4.79 Å². The Morgan fingerprint density at radius 3 is 2.97 bits per heavy atom. The highest BCUT2D eigenvalue weighted by Crippen LogP contribution is 2.37. The number of nitrogens with one attached hydrogen (secondary N) is 1. The SMILES string of the molecule is COc1cc(Nc2ncc3c(n2)N2C(=O)CCC2CO3)ccc1-n1cnc(CC2CCC2)c1. The number of hydrogen-bond acceptors (Lipinski definition) is 7. The van der Waals surface area contributed by atoms with Crippen molar-refractivity contribution in [2.24, 2.45) is 5.92 Å². The number of carbonyl (C=O) groups excluding carboxylic acids is 1. The minimum Gasteiger partial charge on any atom is -0.494 e. The number of carbonyl (C=O) groups is 1. The van der Waals surface area contributed by atoms with Gasteiger partial charge in [-0.2, -0.15) is 4.98 Å². The van der Waals surface area contributed by atoms with E-state index in [1.165, 1.54) is 19.3 Å². The molecule has 0 bridgehead atoms. The summed E-state index contributed by atoms with van der Waals surface area (Å²) < 4.78 is 13.4. The second-order valence-electron chi connectivity index (χ2n) is 8.93. The van der Waals surface area contributed by atoms with Crippen LogP contribution < -0.4 is 19.7 Å². The van der Waals surface area contributed by atoms with E-state index in [1.54, 1.807) is 18.2 Å². The summed E-state index contributed by atoms with van der Waals surface area (Å²) in [6.45, 7) is 0.490. The molecule has 1 atom stereocenters. The van der Waals surface area contributed by atoms with Gasteiger partial charge >= 0.3 is 0 Å². The molecule has 0 spiro atoms. The first-order valence-corrected chi connectivity index (χ1v) is 11.5. The lowest BCUT2D eigenvalue weighted by molar-refractivity contribution is -0.117. The maximum atomic E-state index is 12.3. The van der Waals surface area contributed by atoms with Crippen LogP contribution in [-0.4, -0.2) is 45.2 Å². The maximum Gasteiger partial charge on any atom is 0.229 e. The Bertz CT molecular complexity index is 1200. The lowest BCUT2D eigenvalue weighted by Crippen LogP contribution is -2.41. The highest BCUT2D eigenvalue weighted by Gasteiger charge is 2.39. The summed E-state index contributed by atoms with van der Waals surface area (Å²) in [4.78, 5) is 27.6. The molecular formula is C24H26N6O3. The number of fused-ring (bicyclic) bond motifs is 3. The molecule has 1 N–H and O–H groups in total. The van der Waals surface area contributed by atoms with Crippen molar-refractivity contribution in [3.05, 3.63) is 42.6 Å². The van der Waals surface area contributed by atoms with Crippen LogP contribution in [0.25, 0.3) is 5.69 Å². The topological polar surface area (TPSA) is 94.4 Å². The van der Waals surface area contributed by atoms with Gasteiger partial charge in [-0.3, -0.25) is 9.69 Å². The summed E-state index contributed by atoms with van der Waals surface area (Å²) in [5, 5.41) is 3.23. The molecule has 0 radical (unpaired) electrons. The van der Waals surface area contributed by atoms with Crippen molar-refractivity contribution in [3.63, 3.8) is 0 Å². The van der Waals surface area contributed by atoms with Crippen LogP contribution in [0.1, 0.15) is 37.8 Å². The molecule has 1 saturated heterocycles. The third-order valence-corrected chi connectivity index (χ3v) is 6.79. The Hall–Kier alpha value is -3.62. The minimum atomic E-state index is 0.0523. The lowest BCUT2D eigenvalue weighted by Gasteiger charge is -2.30. The van der Waals surface area contributed by atoms with Crippen LogP contribution in [0.2, 0.25) is 0 Å². The largest absolute Gasteiger partial charge is 0.494 e. The zero-order valence-electron chi connectivity index (χ0n) is 18.5. The molecule has 4 heterocycles. The van der Waals surface area contributed by atoms with Crippen molar-refractivity contribution in [3.8, 4) is 17.2 Å². The van der Waals surface area contributed by atoms with Gasteiger partial charge in [-0.05, 0) is 30.9 Å². The Labute approximate surface area is 191 Å². The fraction of sp³-hybridized carbons (Fsp3) is 0.417. The molecule has 1 amide bonds. The molecule has 1 unspecified atom stereocenters. The van der Waals surface area contributed by atoms with E-state index in [2.05, 4.69) is 26.5 Å². The molecule has 9 nitrogen and oxygen atoms in total. The summed E-state index contributed by atoms with van der Waals surface area (Å²) >= 11 is 0. The Morgan fingerprint density at radius 1 is 1.24 bits per heavy atom. The standard InChI is InChI=1S/C24H26N6O3/c1-32-20-10-16(5-7-19(20)29-12-17(26-14-29)9-15-3-2-4-15)27-24-25-11-21-23(28-24)30-18(13-33-21)6-8-22(30)31/h5,7,10-12,14-15,18H,2-4,6,8-9,13H2,1H3,(H,25,27,28). The number of anilines is 3. The molecule has 9 heteroatoms. The number of nitrogens with zero attached hydrogens (tertiary/aromatic N) is 5. The molecule has 2 aliphatic heterocycles. The predicted octanol–water partition coefficient (Wildman–Crippen LogP) is 3.64. The zero-order valence-corrected chi connectivity index (χ0v) is 18.5. The molecule has 1 aliphatic carbocycles. The fourth-order valence-corrected chi connectivity index (χ4v) is 4.77. The van der Waals surface area contributed by atoms with Crippen LogP contribution in [-0.2, 0) is 11.2 Å². The lowest BCUT2D eigenvalue weighted by atomic mass is 9.82. The first-order chi connectivity index (χ1) is 16.2. The monoisotopic (exact) mass is 446 g/mol. The Kier molecular flexibility index (Phi) is 4.89. The maximum absolute atomic E-state index is 12.3. The van der Waals surface area contributed by atoms with E-state index in [0.29, 0.717) is 36.3 Å². The van der Waals surface area contributed by atoms with Crippen molar-refractivity contribution < 1.29 is 14.3 Å². The first kappa shape index (κ1) is 20.0. The van der Waals surface area contributed by atoms with E-state index >= 15 is 0 Å². The van der Waals surface area contributed by atoms with E-state index < -0.39 is 0 Å². The molecular weight excluding hydrogens is 420 g/mol. The molecule has 1 saturated carbocycles. The normalized spacial score (nSPS) is 19.5. The van der Waals surface area contributed by atoms with Crippen LogP contribution in [0.5, 0.6) is 11.5 Å². The summed E-state index contributed by atoms with van der Waals surface area (Å²) in [6, 6.07) is 5.89. The second kappa shape index (κ2) is 8.06. The van der Waals surface area contributed by atoms with Crippen LogP contribution in [0.4, 0.5) is 17.5 Å². The quantitative estimate of drug-likeness (QED) is 0.618. The van der Waals surface area contributed by atoms with Gasteiger partial charge in [0.05, 0.1) is 37.1 Å². The number of benzene rings is 1. The fourth-order valence-electron chi connectivity index (χ4n) is 4.77. The van der Waals surface area contributed by atoms with E-state index in [1.807, 2.05) is 29.1 Å². The van der Waals surface area contributed by atoms with Crippen molar-refractivity contribution >= 4 is 23.4 Å². The number of methoxy groups -OCH3 is 1. The summed E-state index contributed by atoms with van der Waals surface area (Å²) in [5.41, 5.74) is 2.82. The van der Waals surface area contributed by atoms with Gasteiger partial charge in [-0.15, -0.1) is 0 Å².